The zero-order valence-corrected chi connectivity index (χ0v) is 5.89. The van der Waals surface area contributed by atoms with E-state index in [4.69, 9.17) is 0 Å². The first-order chi connectivity index (χ1) is 0. The van der Waals surface area contributed by atoms with Crippen LogP contribution in [0.25, 0.3) is 0 Å². The third-order valence-corrected chi connectivity index (χ3v) is 0. The van der Waals surface area contributed by atoms with Crippen LogP contribution in [0.5, 0.6) is 0 Å². The summed E-state index contributed by atoms with van der Waals surface area (Å²) in [6, 6.07) is 0. The fourth-order valence-electron chi connectivity index (χ4n) is 0. The zero-order valence-electron chi connectivity index (χ0n) is 3.47. The van der Waals surface area contributed by atoms with Crippen molar-refractivity contribution in [3.8, 4) is 0 Å². The Kier molecular flexibility index (Phi) is 198000. The van der Waals surface area contributed by atoms with Gasteiger partial charge in [-0.1, -0.05) is 0 Å². The van der Waals surface area contributed by atoms with E-state index < -0.39 is 0 Å². The van der Waals surface area contributed by atoms with Gasteiger partial charge in [-0.2, -0.15) is 0 Å². The minimum Gasteiger partial charge on any atom is -1.00 e. The van der Waals surface area contributed by atoms with Crippen molar-refractivity contribution in [2.45, 2.75) is 0 Å². The maximum absolute atomic E-state index is 0. The maximum Gasteiger partial charge on any atom is 4.00 e. The topological polar surface area (TPSA) is 0 Å². The van der Waals surface area contributed by atoms with Gasteiger partial charge < -0.3 is 28.2 Å². The number of hydrogen-bond donors (Lipinski definition) is 0. The molecule has 0 aromatic carbocycles. The van der Waals surface area contributed by atoms with E-state index >= 15 is 0 Å². The van der Waals surface area contributed by atoms with Crippen LogP contribution in [0.15, 0.2) is 0 Å². The summed E-state index contributed by atoms with van der Waals surface area (Å²) < 4.78 is 0. The molecule has 0 rings (SSSR count). The molecule has 0 unspecified atom stereocenters. The van der Waals surface area contributed by atoms with Gasteiger partial charge in [-0.25, -0.2) is 0 Å². The maximum atomic E-state index is 0. The summed E-state index contributed by atoms with van der Waals surface area (Å²) >= 11 is 0. The molecule has 0 aromatic heterocycles. The molecule has 48 valence electrons. The molecule has 0 aromatic rings. The van der Waals surface area contributed by atoms with Crippen LogP contribution in [0.3, 0.4) is 0 Å². The van der Waals surface area contributed by atoms with Gasteiger partial charge in [0.25, 0.3) is 0 Å². The molecule has 0 N–H and O–H groups in total. The quantitative estimate of drug-likeness (QED) is 0.248. The van der Waals surface area contributed by atoms with Gasteiger partial charge in [0.1, 0.15) is 0 Å². The van der Waals surface area contributed by atoms with E-state index in [0.717, 1.165) is 0 Å². The van der Waals surface area contributed by atoms with Crippen LogP contribution in [0.2, 0.25) is 0 Å². The first kappa shape index (κ1) is 1540. The van der Waals surface area contributed by atoms with Crippen molar-refractivity contribution >= 4 is 34.0 Å². The Hall–Kier alpha value is 0.563. The summed E-state index contributed by atoms with van der Waals surface area (Å²) in [5.41, 5.74) is 0. The number of halogens is 6. The van der Waals surface area contributed by atoms with Crippen LogP contribution in [0, 0.1) is 0 Å². The molecular weight excluding hydrogens is 166 g/mol. The van der Waals surface area contributed by atoms with E-state index in [1.54, 1.807) is 0 Å². The Bertz CT molecular complexity index is 8.49. The summed E-state index contributed by atoms with van der Waals surface area (Å²) in [5, 5.41) is 0. The Morgan fingerprint density at radius 2 is 0.375 bits per heavy atom. The molecule has 0 saturated heterocycles. The fraction of sp³-hybridized carbons (Fsp3) is 0. The SMILES string of the molecule is [F-].[F-].[F-].[F-].[F-].[F-].[Mg+2].[Si+4]. The van der Waals surface area contributed by atoms with Crippen LogP contribution in [-0.4, -0.2) is 34.0 Å². The summed E-state index contributed by atoms with van der Waals surface area (Å²) in [4.78, 5) is 0. The Morgan fingerprint density at radius 3 is 0.375 bits per heavy atom. The Balaban J connectivity index is 0. The predicted molar refractivity (Wildman–Crippen MR) is 11.5 cm³/mol. The standard InChI is InChI=1S/6FH.Mg.Si/h6*1H;;/q;;;;;;+2;+4/p-6. The van der Waals surface area contributed by atoms with E-state index in [0.29, 0.717) is 0 Å². The predicted octanol–water partition coefficient (Wildman–Crippen LogP) is -18.7. The van der Waals surface area contributed by atoms with Crippen molar-refractivity contribution in [1.82, 2.24) is 0 Å². The smallest absolute Gasteiger partial charge is 1.00 e. The largest absolute Gasteiger partial charge is 4.00 e. The van der Waals surface area contributed by atoms with E-state index in [-0.39, 0.29) is 62.2 Å². The van der Waals surface area contributed by atoms with Gasteiger partial charge in [0.2, 0.25) is 0 Å². The zero-order chi connectivity index (χ0) is 0. The Morgan fingerprint density at radius 1 is 0.375 bits per heavy atom. The minimum atomic E-state index is 0. The molecule has 0 atom stereocenters. The summed E-state index contributed by atoms with van der Waals surface area (Å²) in [5.74, 6) is 0. The average molecular weight is 166 g/mol. The first-order valence-corrected chi connectivity index (χ1v) is 0. The van der Waals surface area contributed by atoms with Crippen molar-refractivity contribution in [2.24, 2.45) is 0 Å². The monoisotopic (exact) mass is 166 g/mol. The molecule has 8 heavy (non-hydrogen) atoms. The van der Waals surface area contributed by atoms with E-state index in [2.05, 4.69) is 0 Å². The average Bonchev–Trinajstić information content (AvgIpc) is 0. The van der Waals surface area contributed by atoms with E-state index in [1.165, 1.54) is 0 Å². The molecule has 8 heteroatoms. The van der Waals surface area contributed by atoms with Crippen molar-refractivity contribution in [3.63, 3.8) is 0 Å². The summed E-state index contributed by atoms with van der Waals surface area (Å²) in [7, 11) is 0. The second kappa shape index (κ2) is 1030. The van der Waals surface area contributed by atoms with Gasteiger partial charge in [0.05, 0.1) is 0 Å². The molecule has 0 aliphatic heterocycles. The molecule has 0 spiro atoms. The molecule has 0 fully saturated rings. The van der Waals surface area contributed by atoms with Gasteiger partial charge in [0.15, 0.2) is 0 Å². The van der Waals surface area contributed by atoms with Crippen LogP contribution < -0.4 is 28.2 Å². The first-order valence-electron chi connectivity index (χ1n) is 0. The number of rotatable bonds is 0. The molecule has 0 aliphatic rings. The molecule has 0 amide bonds. The fourth-order valence-corrected chi connectivity index (χ4v) is 0. The molecule has 0 radical (unpaired) electrons. The molecule has 0 aliphatic carbocycles. The second-order valence-electron chi connectivity index (χ2n) is 0. The molecule has 0 heterocycles. The van der Waals surface area contributed by atoms with Crippen molar-refractivity contribution in [3.05, 3.63) is 0 Å². The van der Waals surface area contributed by atoms with Gasteiger partial charge in [0, 0.05) is 0 Å². The summed E-state index contributed by atoms with van der Waals surface area (Å²) in [6.07, 6.45) is 0. The van der Waals surface area contributed by atoms with Gasteiger partial charge in [-0.3, -0.25) is 0 Å². The number of hydrogen-bond acceptors (Lipinski definition) is 0. The third-order valence-electron chi connectivity index (χ3n) is 0. The second-order valence-corrected chi connectivity index (χ2v) is 0. The van der Waals surface area contributed by atoms with Crippen molar-refractivity contribution < 1.29 is 28.2 Å². The molecule has 0 saturated carbocycles. The van der Waals surface area contributed by atoms with Gasteiger partial charge in [-0.15, -0.1) is 0 Å². The molecule has 0 nitrogen and oxygen atoms in total. The summed E-state index contributed by atoms with van der Waals surface area (Å²) in [6.45, 7) is 0. The minimum absolute atomic E-state index is 0. The molecule has 0 bridgehead atoms. The van der Waals surface area contributed by atoms with E-state index in [1.807, 2.05) is 0 Å². The van der Waals surface area contributed by atoms with Gasteiger partial charge >= 0.3 is 34.0 Å². The normalized spacial score (nSPS) is 0. The van der Waals surface area contributed by atoms with Gasteiger partial charge in [-0.05, 0) is 0 Å². The van der Waals surface area contributed by atoms with E-state index in [9.17, 15) is 0 Å². The van der Waals surface area contributed by atoms with Crippen molar-refractivity contribution in [1.29, 1.82) is 0 Å². The van der Waals surface area contributed by atoms with Crippen LogP contribution in [0.4, 0.5) is 0 Å². The Labute approximate surface area is 62.8 Å². The van der Waals surface area contributed by atoms with Crippen LogP contribution in [-0.2, 0) is 0 Å². The van der Waals surface area contributed by atoms with Crippen molar-refractivity contribution in [2.75, 3.05) is 0 Å². The third kappa shape index (κ3) is 641. The van der Waals surface area contributed by atoms with Crippen LogP contribution >= 0.6 is 0 Å². The van der Waals surface area contributed by atoms with Crippen LogP contribution in [0.1, 0.15) is 0 Å². The molecular formula is F6MgSi.